The highest BCUT2D eigenvalue weighted by molar-refractivity contribution is 5.98. The van der Waals surface area contributed by atoms with Crippen LogP contribution in [0.2, 0.25) is 0 Å². The highest BCUT2D eigenvalue weighted by Gasteiger charge is 2.49. The van der Waals surface area contributed by atoms with Crippen molar-refractivity contribution in [1.29, 1.82) is 5.26 Å². The third kappa shape index (κ3) is 4.85. The summed E-state index contributed by atoms with van der Waals surface area (Å²) in [6.07, 6.45) is 8.57. The summed E-state index contributed by atoms with van der Waals surface area (Å²) in [5.74, 6) is 1.33. The molecular formula is C30H37N7O2. The van der Waals surface area contributed by atoms with E-state index in [0.717, 1.165) is 48.6 Å². The Hall–Kier alpha value is -3.90. The van der Waals surface area contributed by atoms with Crippen LogP contribution < -0.4 is 10.1 Å². The zero-order valence-corrected chi connectivity index (χ0v) is 23.5. The van der Waals surface area contributed by atoms with Crippen LogP contribution in [0.3, 0.4) is 0 Å². The molecule has 1 aliphatic carbocycles. The summed E-state index contributed by atoms with van der Waals surface area (Å²) in [5.41, 5.74) is 5.40. The molecule has 3 aromatic rings. The molecular weight excluding hydrogens is 490 g/mol. The number of amides is 1. The van der Waals surface area contributed by atoms with Gasteiger partial charge in [0, 0.05) is 55.8 Å². The lowest BCUT2D eigenvalue weighted by atomic mass is 9.60. The highest BCUT2D eigenvalue weighted by atomic mass is 16.5. The van der Waals surface area contributed by atoms with E-state index in [-0.39, 0.29) is 17.4 Å². The van der Waals surface area contributed by atoms with Crippen LogP contribution in [0.5, 0.6) is 5.75 Å². The molecule has 0 radical (unpaired) electrons. The Morgan fingerprint density at radius 2 is 2.05 bits per heavy atom. The quantitative estimate of drug-likeness (QED) is 0.442. The van der Waals surface area contributed by atoms with Gasteiger partial charge in [0.1, 0.15) is 17.4 Å². The number of hydrogen-bond donors (Lipinski definition) is 1. The van der Waals surface area contributed by atoms with E-state index >= 15 is 0 Å². The van der Waals surface area contributed by atoms with Crippen molar-refractivity contribution in [2.75, 3.05) is 39.6 Å². The summed E-state index contributed by atoms with van der Waals surface area (Å²) in [6, 6.07) is 8.07. The van der Waals surface area contributed by atoms with Gasteiger partial charge in [-0.3, -0.25) is 9.78 Å². The number of carbonyl (C=O) groups excluding carboxylic acids is 1. The molecule has 9 heteroatoms. The van der Waals surface area contributed by atoms with Crippen molar-refractivity contribution in [3.8, 4) is 11.8 Å². The van der Waals surface area contributed by atoms with Gasteiger partial charge < -0.3 is 24.4 Å². The molecule has 1 N–H and O–H groups in total. The number of benzene rings is 1. The minimum Gasteiger partial charge on any atom is -0.492 e. The molecule has 3 heterocycles. The van der Waals surface area contributed by atoms with Crippen molar-refractivity contribution in [3.05, 3.63) is 70.3 Å². The normalized spacial score (nSPS) is 16.5. The highest BCUT2D eigenvalue weighted by Crippen LogP contribution is 2.51. The number of nitrogens with one attached hydrogen (secondary N) is 1. The Morgan fingerprint density at radius 1 is 1.26 bits per heavy atom. The van der Waals surface area contributed by atoms with Crippen molar-refractivity contribution in [2.45, 2.75) is 57.7 Å². The van der Waals surface area contributed by atoms with Gasteiger partial charge in [0.15, 0.2) is 0 Å². The van der Waals surface area contributed by atoms with E-state index in [4.69, 9.17) is 4.74 Å². The van der Waals surface area contributed by atoms with E-state index in [1.807, 2.05) is 38.1 Å². The maximum absolute atomic E-state index is 14.3. The lowest BCUT2D eigenvalue weighted by Crippen LogP contribution is -2.54. The van der Waals surface area contributed by atoms with Crippen molar-refractivity contribution in [2.24, 2.45) is 0 Å². The summed E-state index contributed by atoms with van der Waals surface area (Å²) in [6.45, 7) is 6.43. The maximum Gasteiger partial charge on any atom is 0.254 e. The fraction of sp³-hybridized carbons (Fsp3) is 0.467. The first-order valence-corrected chi connectivity index (χ1v) is 13.6. The van der Waals surface area contributed by atoms with E-state index in [1.165, 1.54) is 11.1 Å². The van der Waals surface area contributed by atoms with Crippen LogP contribution in [-0.2, 0) is 18.5 Å². The van der Waals surface area contributed by atoms with Crippen molar-refractivity contribution in [3.63, 3.8) is 0 Å². The number of pyridine rings is 1. The zero-order valence-electron chi connectivity index (χ0n) is 23.5. The smallest absolute Gasteiger partial charge is 0.254 e. The lowest BCUT2D eigenvalue weighted by molar-refractivity contribution is 0.0482. The van der Waals surface area contributed by atoms with Crippen LogP contribution in [0.15, 0.2) is 36.8 Å². The molecule has 1 amide bonds. The van der Waals surface area contributed by atoms with Gasteiger partial charge in [0.2, 0.25) is 5.95 Å². The number of imidazole rings is 1. The molecule has 0 saturated heterocycles. The minimum atomic E-state index is -0.263. The molecule has 1 fully saturated rings. The molecule has 0 bridgehead atoms. The monoisotopic (exact) mass is 527 g/mol. The summed E-state index contributed by atoms with van der Waals surface area (Å²) < 4.78 is 7.78. The maximum atomic E-state index is 14.3. The largest absolute Gasteiger partial charge is 0.492 e. The zero-order chi connectivity index (χ0) is 27.7. The third-order valence-electron chi connectivity index (χ3n) is 8.07. The second-order valence-electron chi connectivity index (χ2n) is 10.9. The number of fused-ring (bicyclic) bond motifs is 2. The van der Waals surface area contributed by atoms with Gasteiger partial charge in [-0.25, -0.2) is 4.98 Å². The average molecular weight is 528 g/mol. The van der Waals surface area contributed by atoms with Gasteiger partial charge >= 0.3 is 0 Å². The standard InChI is InChI=1S/C30H37N7O2/c1-6-39-26-14-25(34-16-23(26)15-31)20(2)37-19-30(8-7-9-30)27-22(18-35(4)5)12-21(13-24(27)28(37)38)17-36-11-10-33-29(36)32-3/h10-14,16,20H,6-9,17-19H2,1-5H3,(H,32,33)/t20-/m1/s1. The van der Waals surface area contributed by atoms with Crippen LogP contribution >= 0.6 is 0 Å². The molecule has 39 heavy (non-hydrogen) atoms. The van der Waals surface area contributed by atoms with E-state index < -0.39 is 0 Å². The SMILES string of the molecule is CCOc1cc([C@@H](C)N2CC3(CCC3)c3c(CN(C)C)cc(Cn4ccnc4NC)cc3C2=O)ncc1C#N. The van der Waals surface area contributed by atoms with E-state index in [9.17, 15) is 10.1 Å². The molecule has 1 aromatic carbocycles. The number of ether oxygens (including phenoxy) is 1. The number of rotatable bonds is 9. The van der Waals surface area contributed by atoms with E-state index in [0.29, 0.717) is 31.0 Å². The van der Waals surface area contributed by atoms with Crippen LogP contribution in [0.1, 0.15) is 77.5 Å². The molecule has 1 aliphatic heterocycles. The first kappa shape index (κ1) is 26.7. The first-order chi connectivity index (χ1) is 18.8. The van der Waals surface area contributed by atoms with Gasteiger partial charge in [0.25, 0.3) is 5.91 Å². The predicted molar refractivity (Wildman–Crippen MR) is 150 cm³/mol. The molecule has 9 nitrogen and oxygen atoms in total. The Morgan fingerprint density at radius 3 is 2.69 bits per heavy atom. The topological polar surface area (TPSA) is 99.3 Å². The van der Waals surface area contributed by atoms with Gasteiger partial charge in [0.05, 0.1) is 24.9 Å². The Balaban J connectivity index is 1.58. The number of hydrogen-bond acceptors (Lipinski definition) is 7. The van der Waals surface area contributed by atoms with Crippen LogP contribution in [0.25, 0.3) is 0 Å². The number of nitrogens with zero attached hydrogens (tertiary/aromatic N) is 6. The predicted octanol–water partition coefficient (Wildman–Crippen LogP) is 4.34. The van der Waals surface area contributed by atoms with Crippen LogP contribution in [-0.4, -0.2) is 64.5 Å². The summed E-state index contributed by atoms with van der Waals surface area (Å²) in [7, 11) is 6.01. The van der Waals surface area contributed by atoms with Gasteiger partial charge in [-0.05, 0) is 63.5 Å². The van der Waals surface area contributed by atoms with Crippen molar-refractivity contribution >= 4 is 11.9 Å². The molecule has 204 valence electrons. The summed E-state index contributed by atoms with van der Waals surface area (Å²) in [4.78, 5) is 27.4. The molecule has 1 saturated carbocycles. The molecule has 1 atom stereocenters. The minimum absolute atomic E-state index is 0.0282. The molecule has 0 unspecified atom stereocenters. The number of aromatic nitrogens is 3. The Labute approximate surface area is 230 Å². The fourth-order valence-electron chi connectivity index (χ4n) is 6.14. The van der Waals surface area contributed by atoms with E-state index in [2.05, 4.69) is 57.0 Å². The fourth-order valence-corrected chi connectivity index (χ4v) is 6.14. The van der Waals surface area contributed by atoms with E-state index in [1.54, 1.807) is 12.4 Å². The Kier molecular flexibility index (Phi) is 7.32. The van der Waals surface area contributed by atoms with Gasteiger partial charge in [-0.15, -0.1) is 0 Å². The number of carbonyl (C=O) groups is 1. The lowest BCUT2D eigenvalue weighted by Gasteiger charge is -2.52. The van der Waals surface area contributed by atoms with Gasteiger partial charge in [-0.1, -0.05) is 12.5 Å². The van der Waals surface area contributed by atoms with Crippen molar-refractivity contribution < 1.29 is 9.53 Å². The average Bonchev–Trinajstić information content (AvgIpc) is 3.34. The molecule has 5 rings (SSSR count). The summed E-state index contributed by atoms with van der Waals surface area (Å²) >= 11 is 0. The number of nitriles is 1. The second-order valence-corrected chi connectivity index (χ2v) is 10.9. The van der Waals surface area contributed by atoms with Crippen LogP contribution in [0.4, 0.5) is 5.95 Å². The molecule has 1 spiro atoms. The molecule has 2 aliphatic rings. The molecule has 2 aromatic heterocycles. The van der Waals surface area contributed by atoms with Gasteiger partial charge in [-0.2, -0.15) is 5.26 Å². The number of anilines is 1. The second kappa shape index (κ2) is 10.7. The van der Waals surface area contributed by atoms with Crippen LogP contribution in [0, 0.1) is 11.3 Å². The third-order valence-corrected chi connectivity index (χ3v) is 8.07. The summed E-state index contributed by atoms with van der Waals surface area (Å²) in [5, 5.41) is 12.6. The van der Waals surface area contributed by atoms with Crippen molar-refractivity contribution in [1.82, 2.24) is 24.3 Å². The first-order valence-electron chi connectivity index (χ1n) is 13.6. The Bertz CT molecular complexity index is 1420.